The first-order valence-corrected chi connectivity index (χ1v) is 3.95. The molecule has 0 amide bonds. The Morgan fingerprint density at radius 1 is 0.857 bits per heavy atom. The minimum absolute atomic E-state index is 0.180. The van der Waals surface area contributed by atoms with Crippen LogP contribution in [-0.2, 0) is 4.79 Å². The fraction of sp³-hybridized carbons (Fsp3) is 0.857. The SMILES string of the molecule is O=CC1(O)[C@H](O)[C@H](O)C(O)[C@H](O)[C@H]1O. The van der Waals surface area contributed by atoms with E-state index in [1.807, 2.05) is 0 Å². The molecule has 6 atom stereocenters. The second kappa shape index (κ2) is 3.54. The first kappa shape index (κ1) is 11.5. The average molecular weight is 208 g/mol. The summed E-state index contributed by atoms with van der Waals surface area (Å²) in [7, 11) is 0. The molecule has 7 nitrogen and oxygen atoms in total. The van der Waals surface area contributed by atoms with Crippen LogP contribution in [0.2, 0.25) is 0 Å². The molecule has 0 aromatic heterocycles. The van der Waals surface area contributed by atoms with Crippen LogP contribution in [0.4, 0.5) is 0 Å². The van der Waals surface area contributed by atoms with Crippen molar-refractivity contribution in [2.45, 2.75) is 36.1 Å². The molecule has 1 aliphatic rings. The highest BCUT2D eigenvalue weighted by atomic mass is 16.4. The second-order valence-electron chi connectivity index (χ2n) is 3.37. The molecule has 1 rings (SSSR count). The molecule has 0 aromatic carbocycles. The minimum Gasteiger partial charge on any atom is -0.387 e. The van der Waals surface area contributed by atoms with E-state index >= 15 is 0 Å². The predicted molar refractivity (Wildman–Crippen MR) is 41.0 cm³/mol. The molecule has 0 radical (unpaired) electrons. The zero-order valence-corrected chi connectivity index (χ0v) is 7.06. The van der Waals surface area contributed by atoms with E-state index in [1.54, 1.807) is 0 Å². The van der Waals surface area contributed by atoms with Crippen molar-refractivity contribution in [1.82, 2.24) is 0 Å². The summed E-state index contributed by atoms with van der Waals surface area (Å²) in [4.78, 5) is 10.4. The van der Waals surface area contributed by atoms with E-state index in [2.05, 4.69) is 0 Å². The molecule has 1 fully saturated rings. The number of hydrogen-bond acceptors (Lipinski definition) is 7. The zero-order valence-electron chi connectivity index (χ0n) is 7.06. The van der Waals surface area contributed by atoms with Crippen molar-refractivity contribution in [3.8, 4) is 0 Å². The number of carbonyl (C=O) groups excluding carboxylic acids is 1. The second-order valence-corrected chi connectivity index (χ2v) is 3.37. The number of carbonyl (C=O) groups is 1. The minimum atomic E-state index is -2.67. The van der Waals surface area contributed by atoms with Gasteiger partial charge in [0.2, 0.25) is 0 Å². The monoisotopic (exact) mass is 208 g/mol. The summed E-state index contributed by atoms with van der Waals surface area (Å²) in [6, 6.07) is 0. The van der Waals surface area contributed by atoms with Crippen LogP contribution in [0.15, 0.2) is 0 Å². The molecule has 0 heterocycles. The molecule has 0 aliphatic heterocycles. The number of hydrogen-bond donors (Lipinski definition) is 6. The number of aliphatic hydroxyl groups excluding tert-OH is 5. The van der Waals surface area contributed by atoms with Gasteiger partial charge in [-0.3, -0.25) is 4.79 Å². The average Bonchev–Trinajstić information content (AvgIpc) is 2.21. The quantitative estimate of drug-likeness (QED) is 0.240. The maximum Gasteiger partial charge on any atom is 0.176 e. The molecular formula is C7H12O7. The van der Waals surface area contributed by atoms with Gasteiger partial charge in [-0.1, -0.05) is 0 Å². The van der Waals surface area contributed by atoms with Gasteiger partial charge in [0.1, 0.15) is 30.5 Å². The van der Waals surface area contributed by atoms with Gasteiger partial charge in [-0.05, 0) is 0 Å². The molecule has 0 saturated heterocycles. The lowest BCUT2D eigenvalue weighted by atomic mass is 9.76. The van der Waals surface area contributed by atoms with Crippen molar-refractivity contribution < 1.29 is 35.4 Å². The number of aldehydes is 1. The van der Waals surface area contributed by atoms with E-state index in [9.17, 15) is 20.1 Å². The van der Waals surface area contributed by atoms with Crippen LogP contribution in [0.25, 0.3) is 0 Å². The lowest BCUT2D eigenvalue weighted by molar-refractivity contribution is -0.254. The Balaban J connectivity index is 3.04. The Morgan fingerprint density at radius 2 is 1.21 bits per heavy atom. The van der Waals surface area contributed by atoms with Crippen molar-refractivity contribution in [2.75, 3.05) is 0 Å². The van der Waals surface area contributed by atoms with E-state index in [0.717, 1.165) is 0 Å². The molecule has 2 unspecified atom stereocenters. The first-order chi connectivity index (χ1) is 6.36. The number of aliphatic hydroxyl groups is 6. The third-order valence-electron chi connectivity index (χ3n) is 2.48. The molecule has 0 bridgehead atoms. The third kappa shape index (κ3) is 1.34. The van der Waals surface area contributed by atoms with Gasteiger partial charge >= 0.3 is 0 Å². The van der Waals surface area contributed by atoms with Gasteiger partial charge < -0.3 is 30.6 Å². The van der Waals surface area contributed by atoms with Crippen LogP contribution >= 0.6 is 0 Å². The molecule has 1 aliphatic carbocycles. The van der Waals surface area contributed by atoms with E-state index in [4.69, 9.17) is 15.3 Å². The van der Waals surface area contributed by atoms with E-state index in [0.29, 0.717) is 0 Å². The Hall–Kier alpha value is -0.570. The Labute approximate surface area is 78.8 Å². The molecular weight excluding hydrogens is 196 g/mol. The number of rotatable bonds is 1. The van der Waals surface area contributed by atoms with Crippen LogP contribution in [0.5, 0.6) is 0 Å². The topological polar surface area (TPSA) is 138 Å². The summed E-state index contributed by atoms with van der Waals surface area (Å²) in [5, 5.41) is 55.1. The lowest BCUT2D eigenvalue weighted by Crippen LogP contribution is -2.71. The van der Waals surface area contributed by atoms with E-state index in [-0.39, 0.29) is 6.29 Å². The molecule has 0 spiro atoms. The van der Waals surface area contributed by atoms with Crippen molar-refractivity contribution in [2.24, 2.45) is 0 Å². The third-order valence-corrected chi connectivity index (χ3v) is 2.48. The van der Waals surface area contributed by atoms with Crippen LogP contribution in [0.1, 0.15) is 0 Å². The van der Waals surface area contributed by atoms with E-state index < -0.39 is 36.1 Å². The van der Waals surface area contributed by atoms with Gasteiger partial charge in [0.25, 0.3) is 0 Å². The Morgan fingerprint density at radius 3 is 1.50 bits per heavy atom. The summed E-state index contributed by atoms with van der Waals surface area (Å²) in [6.45, 7) is 0. The van der Waals surface area contributed by atoms with Crippen molar-refractivity contribution in [3.05, 3.63) is 0 Å². The predicted octanol–water partition coefficient (Wildman–Crippen LogP) is -4.27. The Bertz CT molecular complexity index is 214. The smallest absolute Gasteiger partial charge is 0.176 e. The summed E-state index contributed by atoms with van der Waals surface area (Å²) in [6.07, 6.45) is -9.89. The fourth-order valence-corrected chi connectivity index (χ4v) is 1.44. The summed E-state index contributed by atoms with van der Waals surface area (Å²) in [5.74, 6) is 0. The van der Waals surface area contributed by atoms with Gasteiger partial charge in [0, 0.05) is 0 Å². The summed E-state index contributed by atoms with van der Waals surface area (Å²) < 4.78 is 0. The Kier molecular flexibility index (Phi) is 2.91. The van der Waals surface area contributed by atoms with E-state index in [1.165, 1.54) is 0 Å². The van der Waals surface area contributed by atoms with Crippen molar-refractivity contribution in [3.63, 3.8) is 0 Å². The maximum absolute atomic E-state index is 10.4. The molecule has 7 heteroatoms. The maximum atomic E-state index is 10.4. The summed E-state index contributed by atoms with van der Waals surface area (Å²) >= 11 is 0. The highest BCUT2D eigenvalue weighted by Crippen LogP contribution is 2.28. The normalized spacial score (nSPS) is 54.3. The van der Waals surface area contributed by atoms with Crippen molar-refractivity contribution in [1.29, 1.82) is 0 Å². The van der Waals surface area contributed by atoms with Crippen LogP contribution in [-0.4, -0.2) is 73.0 Å². The highest BCUT2D eigenvalue weighted by molar-refractivity contribution is 5.65. The van der Waals surface area contributed by atoms with Crippen LogP contribution in [0.3, 0.4) is 0 Å². The lowest BCUT2D eigenvalue weighted by Gasteiger charge is -2.44. The fourth-order valence-electron chi connectivity index (χ4n) is 1.44. The molecule has 0 aromatic rings. The standard InChI is InChI=1S/C7H12O7/c8-1-7(14)5(12)3(10)2(9)4(11)6(7)13/h1-6,9-14H/t2?,3-,4+,5-,6-,7?/m1/s1. The first-order valence-electron chi connectivity index (χ1n) is 3.95. The van der Waals surface area contributed by atoms with Gasteiger partial charge in [0.05, 0.1) is 0 Å². The van der Waals surface area contributed by atoms with Crippen molar-refractivity contribution >= 4 is 6.29 Å². The van der Waals surface area contributed by atoms with Gasteiger partial charge in [-0.15, -0.1) is 0 Å². The largest absolute Gasteiger partial charge is 0.387 e. The van der Waals surface area contributed by atoms with Crippen LogP contribution < -0.4 is 0 Å². The molecule has 1 saturated carbocycles. The molecule has 6 N–H and O–H groups in total. The van der Waals surface area contributed by atoms with Crippen LogP contribution in [0, 0.1) is 0 Å². The van der Waals surface area contributed by atoms with Gasteiger partial charge in [-0.2, -0.15) is 0 Å². The molecule has 14 heavy (non-hydrogen) atoms. The molecule has 82 valence electrons. The van der Waals surface area contributed by atoms with Gasteiger partial charge in [0.15, 0.2) is 11.9 Å². The summed E-state index contributed by atoms with van der Waals surface area (Å²) in [5.41, 5.74) is -2.67. The highest BCUT2D eigenvalue weighted by Gasteiger charge is 2.57. The zero-order chi connectivity index (χ0) is 11.1. The van der Waals surface area contributed by atoms with Gasteiger partial charge in [-0.25, -0.2) is 0 Å².